The van der Waals surface area contributed by atoms with Crippen LogP contribution in [0.4, 0.5) is 5.69 Å². The van der Waals surface area contributed by atoms with Crippen molar-refractivity contribution in [3.8, 4) is 5.75 Å². The van der Waals surface area contributed by atoms with Gasteiger partial charge in [-0.05, 0) is 36.4 Å². The first-order valence-electron chi connectivity index (χ1n) is 7.17. The number of fused-ring (bicyclic) bond motifs is 2. The largest absolute Gasteiger partial charge is 0.497 e. The molecule has 1 aromatic heterocycles. The fourth-order valence-corrected chi connectivity index (χ4v) is 2.99. The summed E-state index contributed by atoms with van der Waals surface area (Å²) in [6.45, 7) is 1.36. The monoisotopic (exact) mass is 442 g/mol. The van der Waals surface area contributed by atoms with Gasteiger partial charge >= 0.3 is 0 Å². The zero-order valence-electron chi connectivity index (χ0n) is 12.6. The fraction of sp³-hybridized carbons (Fsp3) is 0.235. The van der Waals surface area contributed by atoms with Crippen molar-refractivity contribution in [3.63, 3.8) is 0 Å². The Bertz CT molecular complexity index is 842. The zero-order chi connectivity index (χ0) is 16.2. The Kier molecular flexibility index (Phi) is 5.40. The summed E-state index contributed by atoms with van der Waals surface area (Å²) >= 11 is 8.31. The number of methoxy groups -OCH3 is 1. The van der Waals surface area contributed by atoms with Crippen LogP contribution in [0.3, 0.4) is 0 Å². The number of nitrogens with one attached hydrogen (secondary N) is 1. The van der Waals surface area contributed by atoms with E-state index >= 15 is 0 Å². The van der Waals surface area contributed by atoms with Gasteiger partial charge < -0.3 is 14.8 Å². The molecular formula is C17H16ClIN2O2. The lowest BCUT2D eigenvalue weighted by molar-refractivity contribution is 0.203. The smallest absolute Gasteiger partial charge is 0.119 e. The molecule has 0 saturated carbocycles. The second-order valence-electron chi connectivity index (χ2n) is 4.98. The third-order valence-corrected chi connectivity index (χ3v) is 4.24. The van der Waals surface area contributed by atoms with Crippen LogP contribution in [0.1, 0.15) is 0 Å². The van der Waals surface area contributed by atoms with Crippen molar-refractivity contribution >= 4 is 61.7 Å². The molecule has 0 bridgehead atoms. The van der Waals surface area contributed by atoms with Crippen LogP contribution in [0.2, 0.25) is 5.02 Å². The minimum Gasteiger partial charge on any atom is -0.497 e. The van der Waals surface area contributed by atoms with Gasteiger partial charge in [0, 0.05) is 22.3 Å². The van der Waals surface area contributed by atoms with Crippen LogP contribution in [0.5, 0.6) is 5.75 Å². The minimum atomic E-state index is 0.645. The number of rotatable bonds is 6. The molecule has 3 rings (SSSR count). The highest BCUT2D eigenvalue weighted by Gasteiger charge is 2.10. The van der Waals surface area contributed by atoms with Gasteiger partial charge in [-0.2, -0.15) is 0 Å². The predicted molar refractivity (Wildman–Crippen MR) is 104 cm³/mol. The average molecular weight is 443 g/mol. The van der Waals surface area contributed by atoms with E-state index in [4.69, 9.17) is 26.1 Å². The Labute approximate surface area is 153 Å². The van der Waals surface area contributed by atoms with Crippen molar-refractivity contribution in [2.24, 2.45) is 0 Å². The normalized spacial score (nSPS) is 11.1. The van der Waals surface area contributed by atoms with Crippen LogP contribution < -0.4 is 10.1 Å². The van der Waals surface area contributed by atoms with Gasteiger partial charge in [0.1, 0.15) is 5.75 Å². The maximum Gasteiger partial charge on any atom is 0.119 e. The van der Waals surface area contributed by atoms with Crippen LogP contribution in [-0.4, -0.2) is 29.9 Å². The van der Waals surface area contributed by atoms with E-state index in [1.807, 2.05) is 36.4 Å². The predicted octanol–water partition coefficient (Wildman–Crippen LogP) is 4.87. The van der Waals surface area contributed by atoms with Gasteiger partial charge in [-0.1, -0.05) is 34.2 Å². The van der Waals surface area contributed by atoms with E-state index in [0.29, 0.717) is 16.2 Å². The first kappa shape index (κ1) is 16.5. The van der Waals surface area contributed by atoms with E-state index in [1.165, 1.54) is 0 Å². The molecule has 3 aromatic rings. The zero-order valence-corrected chi connectivity index (χ0v) is 15.5. The maximum atomic E-state index is 6.11. The van der Waals surface area contributed by atoms with E-state index in [9.17, 15) is 0 Å². The number of benzene rings is 2. The Hall–Kier alpha value is -1.31. The highest BCUT2D eigenvalue weighted by Crippen LogP contribution is 2.34. The molecule has 0 radical (unpaired) electrons. The summed E-state index contributed by atoms with van der Waals surface area (Å²) in [4.78, 5) is 4.71. The van der Waals surface area contributed by atoms with Gasteiger partial charge in [0.2, 0.25) is 0 Å². The molecule has 0 atom stereocenters. The third-order valence-electron chi connectivity index (χ3n) is 3.57. The molecule has 120 valence electrons. The number of pyridine rings is 1. The molecular weight excluding hydrogens is 427 g/mol. The number of ether oxygens (including phenoxy) is 2. The standard InChI is InChI=1S/C17H16ClIN2O2/c1-22-12-3-5-15-14(9-12)17(20-6-7-23-10-19)13-4-2-11(18)8-16(13)21-15/h2-5,8-9H,6-7,10H2,1H3,(H,20,21). The summed E-state index contributed by atoms with van der Waals surface area (Å²) in [6.07, 6.45) is 0. The Morgan fingerprint density at radius 1 is 1.13 bits per heavy atom. The highest BCUT2D eigenvalue weighted by molar-refractivity contribution is 14.1. The molecule has 0 unspecified atom stereocenters. The lowest BCUT2D eigenvalue weighted by Crippen LogP contribution is -2.09. The molecule has 23 heavy (non-hydrogen) atoms. The van der Waals surface area contributed by atoms with Crippen LogP contribution in [-0.2, 0) is 4.74 Å². The van der Waals surface area contributed by atoms with Crippen molar-refractivity contribution in [1.29, 1.82) is 0 Å². The quantitative estimate of drug-likeness (QED) is 0.256. The molecule has 0 aliphatic carbocycles. The second kappa shape index (κ2) is 7.51. The van der Waals surface area contributed by atoms with Gasteiger partial charge in [0.15, 0.2) is 0 Å². The Morgan fingerprint density at radius 2 is 2.00 bits per heavy atom. The molecule has 0 fully saturated rings. The molecule has 1 N–H and O–H groups in total. The number of aromatic nitrogens is 1. The second-order valence-corrected chi connectivity index (χ2v) is 6.03. The molecule has 0 aliphatic heterocycles. The molecule has 0 aliphatic rings. The van der Waals surface area contributed by atoms with E-state index < -0.39 is 0 Å². The number of anilines is 1. The first-order valence-corrected chi connectivity index (χ1v) is 9.08. The summed E-state index contributed by atoms with van der Waals surface area (Å²) in [5, 5.41) is 6.20. The van der Waals surface area contributed by atoms with Crippen molar-refractivity contribution < 1.29 is 9.47 Å². The number of nitrogens with zero attached hydrogens (tertiary/aromatic N) is 1. The van der Waals surface area contributed by atoms with Crippen molar-refractivity contribution in [2.45, 2.75) is 0 Å². The lowest BCUT2D eigenvalue weighted by atomic mass is 10.1. The number of hydrogen-bond acceptors (Lipinski definition) is 4. The van der Waals surface area contributed by atoms with Crippen LogP contribution in [0, 0.1) is 0 Å². The summed E-state index contributed by atoms with van der Waals surface area (Å²) in [5.74, 6) is 0.805. The minimum absolute atomic E-state index is 0.645. The fourth-order valence-electron chi connectivity index (χ4n) is 2.52. The third kappa shape index (κ3) is 3.62. The Morgan fingerprint density at radius 3 is 2.78 bits per heavy atom. The van der Waals surface area contributed by atoms with Crippen molar-refractivity contribution in [1.82, 2.24) is 4.98 Å². The summed E-state index contributed by atoms with van der Waals surface area (Å²) in [7, 11) is 1.66. The molecule has 0 amide bonds. The van der Waals surface area contributed by atoms with E-state index in [0.717, 1.165) is 39.8 Å². The van der Waals surface area contributed by atoms with Gasteiger partial charge in [0.05, 0.1) is 35.1 Å². The molecule has 0 spiro atoms. The van der Waals surface area contributed by atoms with Crippen molar-refractivity contribution in [2.75, 3.05) is 30.2 Å². The summed E-state index contributed by atoms with van der Waals surface area (Å²) in [5.41, 5.74) is 2.79. The topological polar surface area (TPSA) is 43.4 Å². The van der Waals surface area contributed by atoms with Gasteiger partial charge in [-0.15, -0.1) is 0 Å². The van der Waals surface area contributed by atoms with Crippen molar-refractivity contribution in [3.05, 3.63) is 41.4 Å². The number of halogens is 2. The first-order chi connectivity index (χ1) is 11.2. The maximum absolute atomic E-state index is 6.11. The highest BCUT2D eigenvalue weighted by atomic mass is 127. The van der Waals surface area contributed by atoms with Gasteiger partial charge in [-0.25, -0.2) is 4.98 Å². The SMILES string of the molecule is COc1ccc2nc3cc(Cl)ccc3c(NCCOCI)c2c1. The number of alkyl halides is 1. The van der Waals surface area contributed by atoms with Gasteiger partial charge in [0.25, 0.3) is 0 Å². The number of hydrogen-bond donors (Lipinski definition) is 1. The van der Waals surface area contributed by atoms with E-state index in [1.54, 1.807) is 7.11 Å². The van der Waals surface area contributed by atoms with Crippen LogP contribution in [0.15, 0.2) is 36.4 Å². The molecule has 2 aromatic carbocycles. The summed E-state index contributed by atoms with van der Waals surface area (Å²) in [6, 6.07) is 11.6. The van der Waals surface area contributed by atoms with Crippen LogP contribution >= 0.6 is 34.2 Å². The molecule has 0 saturated heterocycles. The van der Waals surface area contributed by atoms with E-state index in [2.05, 4.69) is 27.9 Å². The van der Waals surface area contributed by atoms with E-state index in [-0.39, 0.29) is 0 Å². The lowest BCUT2D eigenvalue weighted by Gasteiger charge is -2.14. The summed E-state index contributed by atoms with van der Waals surface area (Å²) < 4.78 is 11.4. The molecule has 1 heterocycles. The van der Waals surface area contributed by atoms with Crippen LogP contribution in [0.25, 0.3) is 21.8 Å². The molecule has 4 nitrogen and oxygen atoms in total. The molecule has 6 heteroatoms. The van der Waals surface area contributed by atoms with Gasteiger partial charge in [-0.3, -0.25) is 0 Å². The average Bonchev–Trinajstić information content (AvgIpc) is 2.57. The Balaban J connectivity index is 2.14.